The van der Waals surface area contributed by atoms with E-state index in [1.54, 1.807) is 13.0 Å². The van der Waals surface area contributed by atoms with E-state index in [1.807, 2.05) is 27.7 Å². The number of hydrogen-bond acceptors (Lipinski definition) is 8. The highest BCUT2D eigenvalue weighted by molar-refractivity contribution is 5.74. The van der Waals surface area contributed by atoms with E-state index in [1.165, 1.54) is 7.11 Å². The molecular formula is C18H28O8. The van der Waals surface area contributed by atoms with Crippen LogP contribution in [0, 0.1) is 5.92 Å². The molecule has 0 aliphatic carbocycles. The summed E-state index contributed by atoms with van der Waals surface area (Å²) in [6.07, 6.45) is -1.28. The van der Waals surface area contributed by atoms with Gasteiger partial charge in [-0.15, -0.1) is 0 Å². The SMILES string of the molecule is COC(=O)[C@H](O)[C@@H](C)/C=C1\[C@H]2OC(C)(C)O[C@H]2O[C@@H]1[C@H]1COC(C)(C)O1. The van der Waals surface area contributed by atoms with Gasteiger partial charge in [0.05, 0.1) is 13.7 Å². The number of aliphatic hydroxyl groups excluding tert-OH is 1. The summed E-state index contributed by atoms with van der Waals surface area (Å²) in [6, 6.07) is 0. The predicted molar refractivity (Wildman–Crippen MR) is 88.9 cm³/mol. The van der Waals surface area contributed by atoms with E-state index in [0.29, 0.717) is 6.61 Å². The first-order valence-electron chi connectivity index (χ1n) is 8.83. The molecule has 3 fully saturated rings. The summed E-state index contributed by atoms with van der Waals surface area (Å²) in [5.74, 6) is -2.66. The molecule has 0 amide bonds. The van der Waals surface area contributed by atoms with Crippen LogP contribution in [0.15, 0.2) is 11.6 Å². The maximum atomic E-state index is 11.6. The molecule has 3 rings (SSSR count). The zero-order valence-corrected chi connectivity index (χ0v) is 16.1. The Morgan fingerprint density at radius 2 is 1.88 bits per heavy atom. The van der Waals surface area contributed by atoms with Gasteiger partial charge in [0.2, 0.25) is 0 Å². The monoisotopic (exact) mass is 372 g/mol. The average Bonchev–Trinajstić information content (AvgIpc) is 3.16. The van der Waals surface area contributed by atoms with Crippen LogP contribution in [0.2, 0.25) is 0 Å². The largest absolute Gasteiger partial charge is 0.467 e. The van der Waals surface area contributed by atoms with Gasteiger partial charge in [0.15, 0.2) is 24.0 Å². The Morgan fingerprint density at radius 1 is 1.19 bits per heavy atom. The second-order valence-electron chi connectivity index (χ2n) is 7.84. The molecule has 0 saturated carbocycles. The molecule has 26 heavy (non-hydrogen) atoms. The molecular weight excluding hydrogens is 344 g/mol. The van der Waals surface area contributed by atoms with Crippen LogP contribution < -0.4 is 0 Å². The Kier molecular flexibility index (Phi) is 5.20. The second-order valence-corrected chi connectivity index (χ2v) is 7.84. The molecule has 0 aromatic carbocycles. The minimum atomic E-state index is -1.28. The van der Waals surface area contributed by atoms with Gasteiger partial charge in [-0.1, -0.05) is 13.0 Å². The van der Waals surface area contributed by atoms with Gasteiger partial charge in [0.25, 0.3) is 0 Å². The first kappa shape index (κ1) is 19.7. The summed E-state index contributed by atoms with van der Waals surface area (Å²) in [7, 11) is 1.24. The molecule has 0 unspecified atom stereocenters. The van der Waals surface area contributed by atoms with Crippen molar-refractivity contribution in [3.63, 3.8) is 0 Å². The molecule has 8 heteroatoms. The number of aliphatic hydroxyl groups is 1. The van der Waals surface area contributed by atoms with E-state index < -0.39 is 48.1 Å². The molecule has 0 bridgehead atoms. The second kappa shape index (κ2) is 6.85. The van der Waals surface area contributed by atoms with E-state index in [-0.39, 0.29) is 6.10 Å². The molecule has 0 aromatic heterocycles. The van der Waals surface area contributed by atoms with Gasteiger partial charge in [0, 0.05) is 5.92 Å². The Hall–Kier alpha value is -1.03. The van der Waals surface area contributed by atoms with Gasteiger partial charge >= 0.3 is 5.97 Å². The van der Waals surface area contributed by atoms with Crippen molar-refractivity contribution in [2.45, 2.75) is 76.9 Å². The van der Waals surface area contributed by atoms with Crippen LogP contribution in [0.25, 0.3) is 0 Å². The van der Waals surface area contributed by atoms with Crippen molar-refractivity contribution < 1.29 is 38.3 Å². The van der Waals surface area contributed by atoms with Gasteiger partial charge in [0.1, 0.15) is 18.3 Å². The van der Waals surface area contributed by atoms with Crippen LogP contribution in [0.4, 0.5) is 0 Å². The number of hydrogen-bond donors (Lipinski definition) is 1. The van der Waals surface area contributed by atoms with Crippen molar-refractivity contribution in [3.05, 3.63) is 11.6 Å². The van der Waals surface area contributed by atoms with Gasteiger partial charge in [-0.2, -0.15) is 0 Å². The Labute approximate surface area is 153 Å². The van der Waals surface area contributed by atoms with Gasteiger partial charge in [-0.05, 0) is 33.3 Å². The third-order valence-electron chi connectivity index (χ3n) is 4.76. The lowest BCUT2D eigenvalue weighted by atomic mass is 9.94. The number of rotatable bonds is 4. The standard InChI is InChI=1S/C18H28O8/c1-9(12(19)15(20)21-6)7-10-13(11-8-22-17(2,3)24-11)23-16-14(10)25-18(4,5)26-16/h7,9,11-14,16,19H,8H2,1-6H3/b10-7-/t9-,11+,12+,13-,14+,16+/m0/s1. The van der Waals surface area contributed by atoms with E-state index >= 15 is 0 Å². The van der Waals surface area contributed by atoms with Crippen molar-refractivity contribution >= 4 is 5.97 Å². The molecule has 8 nitrogen and oxygen atoms in total. The van der Waals surface area contributed by atoms with Crippen molar-refractivity contribution in [1.82, 2.24) is 0 Å². The lowest BCUT2D eigenvalue weighted by molar-refractivity contribution is -0.215. The summed E-state index contributed by atoms with van der Waals surface area (Å²) < 4.78 is 34.1. The maximum absolute atomic E-state index is 11.6. The zero-order valence-electron chi connectivity index (χ0n) is 16.1. The number of carbonyl (C=O) groups is 1. The fraction of sp³-hybridized carbons (Fsp3) is 0.833. The van der Waals surface area contributed by atoms with Gasteiger partial charge in [-0.3, -0.25) is 0 Å². The lowest BCUT2D eigenvalue weighted by Gasteiger charge is -2.26. The molecule has 0 spiro atoms. The van der Waals surface area contributed by atoms with Gasteiger partial charge < -0.3 is 33.5 Å². The number of methoxy groups -OCH3 is 1. The predicted octanol–water partition coefficient (Wildman–Crippen LogP) is 1.11. The van der Waals surface area contributed by atoms with Crippen molar-refractivity contribution in [3.8, 4) is 0 Å². The molecule has 3 aliphatic rings. The summed E-state index contributed by atoms with van der Waals surface area (Å²) >= 11 is 0. The summed E-state index contributed by atoms with van der Waals surface area (Å²) in [4.78, 5) is 11.6. The molecule has 6 atom stereocenters. The lowest BCUT2D eigenvalue weighted by Crippen LogP contribution is -2.35. The number of fused-ring (bicyclic) bond motifs is 1. The number of esters is 1. The topological polar surface area (TPSA) is 92.7 Å². The smallest absolute Gasteiger partial charge is 0.335 e. The third-order valence-corrected chi connectivity index (χ3v) is 4.76. The summed E-state index contributed by atoms with van der Waals surface area (Å²) in [5.41, 5.74) is 0.780. The molecule has 0 aromatic rings. The quantitative estimate of drug-likeness (QED) is 0.580. The van der Waals surface area contributed by atoms with Crippen molar-refractivity contribution in [2.75, 3.05) is 13.7 Å². The van der Waals surface area contributed by atoms with Crippen molar-refractivity contribution in [2.24, 2.45) is 5.92 Å². The zero-order chi connectivity index (χ0) is 19.3. The number of ether oxygens (including phenoxy) is 6. The summed E-state index contributed by atoms with van der Waals surface area (Å²) in [5, 5.41) is 10.1. The van der Waals surface area contributed by atoms with E-state index in [2.05, 4.69) is 4.74 Å². The molecule has 1 N–H and O–H groups in total. The molecule has 148 valence electrons. The minimum Gasteiger partial charge on any atom is -0.467 e. The number of carbonyl (C=O) groups excluding carboxylic acids is 1. The molecule has 0 radical (unpaired) electrons. The van der Waals surface area contributed by atoms with Crippen LogP contribution in [0.5, 0.6) is 0 Å². The minimum absolute atomic E-state index is 0.334. The molecule has 3 aliphatic heterocycles. The Bertz CT molecular complexity index is 584. The maximum Gasteiger partial charge on any atom is 0.335 e. The van der Waals surface area contributed by atoms with E-state index in [4.69, 9.17) is 23.7 Å². The highest BCUT2D eigenvalue weighted by atomic mass is 16.8. The highest BCUT2D eigenvalue weighted by Crippen LogP contribution is 2.44. The van der Waals surface area contributed by atoms with Crippen LogP contribution in [0.1, 0.15) is 34.6 Å². The van der Waals surface area contributed by atoms with Crippen molar-refractivity contribution in [1.29, 1.82) is 0 Å². The Balaban J connectivity index is 1.85. The average molecular weight is 372 g/mol. The fourth-order valence-electron chi connectivity index (χ4n) is 3.53. The summed E-state index contributed by atoms with van der Waals surface area (Å²) in [6.45, 7) is 9.40. The molecule has 3 heterocycles. The fourth-order valence-corrected chi connectivity index (χ4v) is 3.53. The van der Waals surface area contributed by atoms with E-state index in [9.17, 15) is 9.90 Å². The van der Waals surface area contributed by atoms with Crippen LogP contribution >= 0.6 is 0 Å². The van der Waals surface area contributed by atoms with Crippen LogP contribution in [0.3, 0.4) is 0 Å². The highest BCUT2D eigenvalue weighted by Gasteiger charge is 2.55. The molecule has 3 saturated heterocycles. The van der Waals surface area contributed by atoms with Gasteiger partial charge in [-0.25, -0.2) is 4.79 Å². The Morgan fingerprint density at radius 3 is 2.46 bits per heavy atom. The first-order valence-corrected chi connectivity index (χ1v) is 8.83. The first-order chi connectivity index (χ1) is 12.0. The van der Waals surface area contributed by atoms with Crippen LogP contribution in [-0.2, 0) is 33.2 Å². The normalized spacial score (nSPS) is 39.0. The van der Waals surface area contributed by atoms with E-state index in [0.717, 1.165) is 5.57 Å². The van der Waals surface area contributed by atoms with Crippen LogP contribution in [-0.4, -0.2) is 67.1 Å². The third kappa shape index (κ3) is 3.81.